The molecule has 0 atom stereocenters. The van der Waals surface area contributed by atoms with Crippen LogP contribution in [0.15, 0.2) is 24.4 Å². The SMILES string of the molecule is CC(C)OC(=O)Nc1ccc(-c2cnc(C3CCC(NC(=O)O)CC3)s2)c(NC(=O)C(F)(F)F)c1. The molecule has 0 spiro atoms. The molecule has 0 radical (unpaired) electrons. The van der Waals surface area contributed by atoms with Crippen molar-refractivity contribution in [3.8, 4) is 10.4 Å². The number of hydrogen-bond acceptors (Lipinski definition) is 6. The molecular weight excluding hydrogens is 489 g/mol. The number of carboxylic acid groups (broad SMARTS) is 1. The minimum atomic E-state index is -5.10. The lowest BCUT2D eigenvalue weighted by Crippen LogP contribution is -2.36. The Morgan fingerprint density at radius 2 is 1.83 bits per heavy atom. The van der Waals surface area contributed by atoms with E-state index in [9.17, 15) is 27.6 Å². The lowest BCUT2D eigenvalue weighted by atomic mass is 9.86. The number of benzene rings is 1. The topological polar surface area (TPSA) is 130 Å². The van der Waals surface area contributed by atoms with Crippen molar-refractivity contribution in [1.82, 2.24) is 10.3 Å². The summed E-state index contributed by atoms with van der Waals surface area (Å²) >= 11 is 1.29. The van der Waals surface area contributed by atoms with E-state index in [1.165, 1.54) is 35.7 Å². The van der Waals surface area contributed by atoms with E-state index in [4.69, 9.17) is 9.84 Å². The monoisotopic (exact) mass is 514 g/mol. The van der Waals surface area contributed by atoms with Gasteiger partial charge in [0.1, 0.15) is 0 Å². The molecule has 2 aromatic rings. The van der Waals surface area contributed by atoms with Crippen molar-refractivity contribution in [3.05, 3.63) is 29.4 Å². The van der Waals surface area contributed by atoms with Crippen LogP contribution >= 0.6 is 11.3 Å². The van der Waals surface area contributed by atoms with Crippen LogP contribution in [0.5, 0.6) is 0 Å². The molecule has 1 heterocycles. The number of nitrogens with zero attached hydrogens (tertiary/aromatic N) is 1. The Balaban J connectivity index is 1.82. The van der Waals surface area contributed by atoms with Gasteiger partial charge in [-0.25, -0.2) is 14.6 Å². The Kier molecular flexibility index (Phi) is 8.20. The number of aromatic nitrogens is 1. The van der Waals surface area contributed by atoms with Crippen LogP contribution in [0, 0.1) is 0 Å². The largest absolute Gasteiger partial charge is 0.471 e. The standard InChI is InChI=1S/C22H25F3N4O5S/c1-11(2)34-21(33)28-14-7-8-15(16(9-14)29-19(30)22(23,24)25)17-10-26-18(35-17)12-3-5-13(6-4-12)27-20(31)32/h7-13,27H,3-6H2,1-2H3,(H,28,33)(H,29,30)(H,31,32). The molecule has 0 unspecified atom stereocenters. The Labute approximate surface area is 203 Å². The van der Waals surface area contributed by atoms with Crippen molar-refractivity contribution >= 4 is 40.8 Å². The maximum absolute atomic E-state index is 12.9. The van der Waals surface area contributed by atoms with Gasteiger partial charge in [-0.2, -0.15) is 13.2 Å². The number of carbonyl (C=O) groups excluding carboxylic acids is 2. The highest BCUT2D eigenvalue weighted by molar-refractivity contribution is 7.15. The maximum atomic E-state index is 12.9. The van der Waals surface area contributed by atoms with Crippen LogP contribution in [0.25, 0.3) is 10.4 Å². The maximum Gasteiger partial charge on any atom is 0.471 e. The third kappa shape index (κ3) is 7.31. The van der Waals surface area contributed by atoms with Crippen LogP contribution in [0.2, 0.25) is 0 Å². The van der Waals surface area contributed by atoms with E-state index in [-0.39, 0.29) is 23.3 Å². The highest BCUT2D eigenvalue weighted by atomic mass is 32.1. The average Bonchev–Trinajstić information content (AvgIpc) is 3.22. The second-order valence-electron chi connectivity index (χ2n) is 8.35. The first-order valence-corrected chi connectivity index (χ1v) is 11.7. The number of ether oxygens (including phenoxy) is 1. The van der Waals surface area contributed by atoms with Crippen LogP contribution in [-0.2, 0) is 9.53 Å². The summed E-state index contributed by atoms with van der Waals surface area (Å²) in [7, 11) is 0. The van der Waals surface area contributed by atoms with E-state index < -0.39 is 30.4 Å². The zero-order valence-electron chi connectivity index (χ0n) is 18.9. The van der Waals surface area contributed by atoms with Crippen molar-refractivity contribution < 1.29 is 37.4 Å². The summed E-state index contributed by atoms with van der Waals surface area (Å²) in [6, 6.07) is 4.09. The zero-order valence-corrected chi connectivity index (χ0v) is 19.8. The normalized spacial score (nSPS) is 18.1. The van der Waals surface area contributed by atoms with Crippen molar-refractivity contribution in [2.75, 3.05) is 10.6 Å². The summed E-state index contributed by atoms with van der Waals surface area (Å²) < 4.78 is 43.8. The fourth-order valence-electron chi connectivity index (χ4n) is 3.76. The molecule has 1 aromatic carbocycles. The Bertz CT molecular complexity index is 1080. The van der Waals surface area contributed by atoms with Gasteiger partial charge in [0.25, 0.3) is 0 Å². The quantitative estimate of drug-likeness (QED) is 0.399. The molecule has 9 nitrogen and oxygen atoms in total. The van der Waals surface area contributed by atoms with Gasteiger partial charge in [-0.3, -0.25) is 10.1 Å². The number of nitrogens with one attached hydrogen (secondary N) is 3. The summed E-state index contributed by atoms with van der Waals surface area (Å²) in [4.78, 5) is 39.3. The number of rotatable bonds is 6. The lowest BCUT2D eigenvalue weighted by Gasteiger charge is -2.27. The molecule has 1 fully saturated rings. The minimum Gasteiger partial charge on any atom is -0.465 e. The molecule has 1 saturated carbocycles. The number of carbonyl (C=O) groups is 3. The molecular formula is C22H25F3N4O5S. The molecule has 0 aliphatic heterocycles. The molecule has 1 aliphatic carbocycles. The molecule has 0 saturated heterocycles. The van der Waals surface area contributed by atoms with Crippen molar-refractivity contribution in [2.45, 2.75) is 63.8 Å². The highest BCUT2D eigenvalue weighted by Gasteiger charge is 2.39. The number of thiazole rings is 1. The Morgan fingerprint density at radius 3 is 2.43 bits per heavy atom. The van der Waals surface area contributed by atoms with Crippen molar-refractivity contribution in [2.24, 2.45) is 0 Å². The smallest absolute Gasteiger partial charge is 0.465 e. The second-order valence-corrected chi connectivity index (χ2v) is 9.41. The predicted molar refractivity (Wildman–Crippen MR) is 124 cm³/mol. The first kappa shape index (κ1) is 26.3. The lowest BCUT2D eigenvalue weighted by molar-refractivity contribution is -0.167. The van der Waals surface area contributed by atoms with Crippen LogP contribution in [0.1, 0.15) is 50.5 Å². The van der Waals surface area contributed by atoms with E-state index in [1.54, 1.807) is 13.8 Å². The van der Waals surface area contributed by atoms with Gasteiger partial charge < -0.3 is 20.5 Å². The first-order chi connectivity index (χ1) is 16.4. The molecule has 35 heavy (non-hydrogen) atoms. The third-order valence-corrected chi connectivity index (χ3v) is 6.50. The van der Waals surface area contributed by atoms with E-state index >= 15 is 0 Å². The molecule has 190 valence electrons. The van der Waals surface area contributed by atoms with E-state index in [1.807, 2.05) is 5.32 Å². The van der Waals surface area contributed by atoms with E-state index in [0.717, 1.165) is 17.8 Å². The summed E-state index contributed by atoms with van der Waals surface area (Å²) in [5.41, 5.74) is 0.320. The Morgan fingerprint density at radius 1 is 1.14 bits per heavy atom. The molecule has 3 rings (SSSR count). The van der Waals surface area contributed by atoms with Crippen LogP contribution in [-0.4, -0.2) is 46.5 Å². The number of amides is 3. The molecule has 3 amide bonds. The van der Waals surface area contributed by atoms with Gasteiger partial charge in [0.2, 0.25) is 0 Å². The van der Waals surface area contributed by atoms with Crippen molar-refractivity contribution in [1.29, 1.82) is 0 Å². The van der Waals surface area contributed by atoms with Gasteiger partial charge in [-0.1, -0.05) is 0 Å². The van der Waals surface area contributed by atoms with Crippen LogP contribution in [0.4, 0.5) is 34.1 Å². The molecule has 0 bridgehead atoms. The predicted octanol–water partition coefficient (Wildman–Crippen LogP) is 5.56. The van der Waals surface area contributed by atoms with Crippen LogP contribution in [0.3, 0.4) is 0 Å². The van der Waals surface area contributed by atoms with Gasteiger partial charge in [-0.15, -0.1) is 11.3 Å². The fraction of sp³-hybridized carbons (Fsp3) is 0.455. The van der Waals surface area contributed by atoms with E-state index in [2.05, 4.69) is 15.6 Å². The van der Waals surface area contributed by atoms with Gasteiger partial charge in [0, 0.05) is 29.4 Å². The minimum absolute atomic E-state index is 0.0977. The van der Waals surface area contributed by atoms with Gasteiger partial charge in [0.05, 0.1) is 21.7 Å². The molecule has 4 N–H and O–H groups in total. The third-order valence-electron chi connectivity index (χ3n) is 5.31. The molecule has 1 aliphatic rings. The molecule has 13 heteroatoms. The van der Waals surface area contributed by atoms with Gasteiger partial charge in [0.15, 0.2) is 0 Å². The highest BCUT2D eigenvalue weighted by Crippen LogP contribution is 2.40. The average molecular weight is 515 g/mol. The van der Waals surface area contributed by atoms with Gasteiger partial charge in [-0.05, 0) is 57.7 Å². The van der Waals surface area contributed by atoms with E-state index in [0.29, 0.717) is 23.3 Å². The van der Waals surface area contributed by atoms with Gasteiger partial charge >= 0.3 is 24.3 Å². The number of alkyl halides is 3. The first-order valence-electron chi connectivity index (χ1n) is 10.9. The number of anilines is 2. The van der Waals surface area contributed by atoms with Crippen molar-refractivity contribution in [3.63, 3.8) is 0 Å². The Hall–Kier alpha value is -3.35. The van der Waals surface area contributed by atoms with Crippen LogP contribution < -0.4 is 16.0 Å². The summed E-state index contributed by atoms with van der Waals surface area (Å²) in [6.07, 6.45) is -3.06. The number of halogens is 3. The summed E-state index contributed by atoms with van der Waals surface area (Å²) in [5, 5.41) is 16.4. The summed E-state index contributed by atoms with van der Waals surface area (Å²) in [5.74, 6) is -2.05. The molecule has 1 aromatic heterocycles. The fourth-order valence-corrected chi connectivity index (χ4v) is 4.88. The second kappa shape index (κ2) is 10.9. The zero-order chi connectivity index (χ0) is 25.8. The summed E-state index contributed by atoms with van der Waals surface area (Å²) in [6.45, 7) is 3.29. The number of hydrogen-bond donors (Lipinski definition) is 4.